The zero-order valence-corrected chi connectivity index (χ0v) is 13.7. The van der Waals surface area contributed by atoms with E-state index in [1.807, 2.05) is 0 Å². The van der Waals surface area contributed by atoms with Gasteiger partial charge in [0.05, 0.1) is 17.0 Å². The van der Waals surface area contributed by atoms with Crippen LogP contribution in [0.4, 0.5) is 13.2 Å². The number of hydrogen-bond donors (Lipinski definition) is 1. The van der Waals surface area contributed by atoms with Crippen LogP contribution in [0.3, 0.4) is 0 Å². The molecule has 3 nitrogen and oxygen atoms in total. The van der Waals surface area contributed by atoms with E-state index in [1.54, 1.807) is 12.1 Å². The highest BCUT2D eigenvalue weighted by molar-refractivity contribution is 9.10. The largest absolute Gasteiger partial charge is 0.481 e. The summed E-state index contributed by atoms with van der Waals surface area (Å²) in [5.74, 6) is -0.704. The molecule has 0 aliphatic carbocycles. The maximum atomic E-state index is 12.6. The van der Waals surface area contributed by atoms with Crippen molar-refractivity contribution in [2.75, 3.05) is 0 Å². The SMILES string of the molecule is O=C(O)Cc1cc(Oc2ccc(C(F)(F)F)cc2Cl)ccc1Br. The molecule has 2 aromatic carbocycles. The van der Waals surface area contributed by atoms with Gasteiger partial charge < -0.3 is 9.84 Å². The van der Waals surface area contributed by atoms with Crippen molar-refractivity contribution >= 4 is 33.5 Å². The van der Waals surface area contributed by atoms with Crippen LogP contribution in [0.2, 0.25) is 5.02 Å². The van der Waals surface area contributed by atoms with Gasteiger partial charge in [-0.3, -0.25) is 4.79 Å². The Labute approximate surface area is 142 Å². The molecule has 0 aromatic heterocycles. The van der Waals surface area contributed by atoms with E-state index in [1.165, 1.54) is 6.07 Å². The Hall–Kier alpha value is -1.73. The normalized spacial score (nSPS) is 11.3. The van der Waals surface area contributed by atoms with Gasteiger partial charge in [0.1, 0.15) is 11.5 Å². The fourth-order valence-electron chi connectivity index (χ4n) is 1.80. The van der Waals surface area contributed by atoms with Gasteiger partial charge >= 0.3 is 12.1 Å². The van der Waals surface area contributed by atoms with Crippen LogP contribution >= 0.6 is 27.5 Å². The maximum absolute atomic E-state index is 12.6. The van der Waals surface area contributed by atoms with Gasteiger partial charge in [-0.2, -0.15) is 13.2 Å². The van der Waals surface area contributed by atoms with Crippen molar-refractivity contribution in [2.45, 2.75) is 12.6 Å². The lowest BCUT2D eigenvalue weighted by Gasteiger charge is -2.12. The summed E-state index contributed by atoms with van der Waals surface area (Å²) < 4.78 is 43.8. The first kappa shape index (κ1) is 17.6. The van der Waals surface area contributed by atoms with Crippen LogP contribution in [-0.2, 0) is 17.4 Å². The third-order valence-electron chi connectivity index (χ3n) is 2.85. The first-order chi connectivity index (χ1) is 10.7. The molecule has 0 bridgehead atoms. The molecular weight excluding hydrogens is 401 g/mol. The third-order valence-corrected chi connectivity index (χ3v) is 3.91. The second-order valence-electron chi connectivity index (χ2n) is 4.57. The summed E-state index contributed by atoms with van der Waals surface area (Å²) in [4.78, 5) is 10.8. The molecule has 2 aromatic rings. The van der Waals surface area contributed by atoms with Crippen molar-refractivity contribution < 1.29 is 27.8 Å². The van der Waals surface area contributed by atoms with E-state index in [0.717, 1.165) is 18.2 Å². The minimum Gasteiger partial charge on any atom is -0.481 e. The number of rotatable bonds is 4. The summed E-state index contributed by atoms with van der Waals surface area (Å²) in [5.41, 5.74) is -0.407. The molecule has 0 aliphatic rings. The van der Waals surface area contributed by atoms with Gasteiger partial charge in [-0.25, -0.2) is 0 Å². The summed E-state index contributed by atoms with van der Waals surface area (Å²) in [6.45, 7) is 0. The van der Waals surface area contributed by atoms with Gasteiger partial charge in [0.25, 0.3) is 0 Å². The fraction of sp³-hybridized carbons (Fsp3) is 0.133. The number of carboxylic acid groups (broad SMARTS) is 1. The van der Waals surface area contributed by atoms with Crippen molar-refractivity contribution in [3.63, 3.8) is 0 Å². The van der Waals surface area contributed by atoms with E-state index < -0.39 is 17.7 Å². The highest BCUT2D eigenvalue weighted by Gasteiger charge is 2.31. The van der Waals surface area contributed by atoms with Crippen LogP contribution in [0.15, 0.2) is 40.9 Å². The van der Waals surface area contributed by atoms with Gasteiger partial charge in [0, 0.05) is 4.47 Å². The quantitative estimate of drug-likeness (QED) is 0.721. The molecule has 0 unspecified atom stereocenters. The monoisotopic (exact) mass is 408 g/mol. The van der Waals surface area contributed by atoms with Crippen molar-refractivity contribution in [1.82, 2.24) is 0 Å². The van der Waals surface area contributed by atoms with Crippen LogP contribution in [0.1, 0.15) is 11.1 Å². The predicted molar refractivity (Wildman–Crippen MR) is 82.0 cm³/mol. The Bertz CT molecular complexity index is 747. The molecule has 8 heteroatoms. The van der Waals surface area contributed by atoms with Crippen LogP contribution < -0.4 is 4.74 Å². The van der Waals surface area contributed by atoms with E-state index in [2.05, 4.69) is 15.9 Å². The predicted octanol–water partition coefficient (Wildman–Crippen LogP) is 5.54. The number of carbonyl (C=O) groups is 1. The van der Waals surface area contributed by atoms with Crippen LogP contribution in [0.25, 0.3) is 0 Å². The van der Waals surface area contributed by atoms with Gasteiger partial charge in [-0.1, -0.05) is 27.5 Å². The molecule has 0 atom stereocenters. The van der Waals surface area contributed by atoms with E-state index in [-0.39, 0.29) is 22.9 Å². The number of benzene rings is 2. The number of hydrogen-bond acceptors (Lipinski definition) is 2. The van der Waals surface area contributed by atoms with E-state index in [0.29, 0.717) is 10.0 Å². The molecule has 122 valence electrons. The van der Waals surface area contributed by atoms with Crippen molar-refractivity contribution in [1.29, 1.82) is 0 Å². The Morgan fingerprint density at radius 1 is 1.22 bits per heavy atom. The summed E-state index contributed by atoms with van der Waals surface area (Å²) in [6, 6.07) is 7.36. The molecule has 0 saturated heterocycles. The standard InChI is InChI=1S/C15H9BrClF3O3/c16-11-3-2-10(5-8(11)6-14(21)22)23-13-4-1-9(7-12(13)17)15(18,19)20/h1-5,7H,6H2,(H,21,22). The van der Waals surface area contributed by atoms with Crippen molar-refractivity contribution in [2.24, 2.45) is 0 Å². The average Bonchev–Trinajstić information content (AvgIpc) is 2.43. The zero-order valence-electron chi connectivity index (χ0n) is 11.3. The molecule has 0 spiro atoms. The van der Waals surface area contributed by atoms with Crippen LogP contribution in [0, 0.1) is 0 Å². The molecule has 23 heavy (non-hydrogen) atoms. The summed E-state index contributed by atoms with van der Waals surface area (Å²) in [6.07, 6.45) is -4.72. The Morgan fingerprint density at radius 2 is 1.91 bits per heavy atom. The number of alkyl halides is 3. The Kier molecular flexibility index (Phi) is 5.21. The van der Waals surface area contributed by atoms with Crippen LogP contribution in [0.5, 0.6) is 11.5 Å². The summed E-state index contributed by atoms with van der Waals surface area (Å²) >= 11 is 9.03. The molecule has 0 amide bonds. The lowest BCUT2D eigenvalue weighted by molar-refractivity contribution is -0.138. The number of ether oxygens (including phenoxy) is 1. The second kappa shape index (κ2) is 6.80. The Morgan fingerprint density at radius 3 is 2.48 bits per heavy atom. The topological polar surface area (TPSA) is 46.5 Å². The van der Waals surface area contributed by atoms with Crippen LogP contribution in [-0.4, -0.2) is 11.1 Å². The molecule has 0 aliphatic heterocycles. The highest BCUT2D eigenvalue weighted by atomic mass is 79.9. The molecule has 0 heterocycles. The molecule has 2 rings (SSSR count). The van der Waals surface area contributed by atoms with Gasteiger partial charge in [-0.15, -0.1) is 0 Å². The molecule has 0 saturated carbocycles. The smallest absolute Gasteiger partial charge is 0.416 e. The maximum Gasteiger partial charge on any atom is 0.416 e. The van der Waals surface area contributed by atoms with Gasteiger partial charge in [0.15, 0.2) is 0 Å². The van der Waals surface area contributed by atoms with Crippen molar-refractivity contribution in [3.05, 3.63) is 57.0 Å². The minimum atomic E-state index is -4.49. The van der Waals surface area contributed by atoms with Crippen molar-refractivity contribution in [3.8, 4) is 11.5 Å². The second-order valence-corrected chi connectivity index (χ2v) is 5.83. The number of halogens is 5. The van der Waals surface area contributed by atoms with E-state index >= 15 is 0 Å². The van der Waals surface area contributed by atoms with E-state index in [9.17, 15) is 18.0 Å². The lowest BCUT2D eigenvalue weighted by Crippen LogP contribution is -2.04. The van der Waals surface area contributed by atoms with E-state index in [4.69, 9.17) is 21.4 Å². The fourth-order valence-corrected chi connectivity index (χ4v) is 2.41. The summed E-state index contributed by atoms with van der Waals surface area (Å²) in [5, 5.41) is 8.64. The molecule has 1 N–H and O–H groups in total. The number of carboxylic acids is 1. The zero-order chi connectivity index (χ0) is 17.2. The average molecular weight is 410 g/mol. The molecule has 0 radical (unpaired) electrons. The first-order valence-corrected chi connectivity index (χ1v) is 7.39. The first-order valence-electron chi connectivity index (χ1n) is 6.21. The number of aliphatic carboxylic acids is 1. The highest BCUT2D eigenvalue weighted by Crippen LogP contribution is 2.37. The third kappa shape index (κ3) is 4.62. The summed E-state index contributed by atoms with van der Waals surface area (Å²) in [7, 11) is 0. The molecular formula is C15H9BrClF3O3. The molecule has 0 fully saturated rings. The Balaban J connectivity index is 2.27. The lowest BCUT2D eigenvalue weighted by atomic mass is 10.1. The minimum absolute atomic E-state index is 0.0447. The van der Waals surface area contributed by atoms with Gasteiger partial charge in [-0.05, 0) is 42.0 Å². The van der Waals surface area contributed by atoms with Gasteiger partial charge in [0.2, 0.25) is 0 Å².